The first-order valence-electron chi connectivity index (χ1n) is 7.82. The summed E-state index contributed by atoms with van der Waals surface area (Å²) in [5.41, 5.74) is 0.876. The number of rotatable bonds is 5. The highest BCUT2D eigenvalue weighted by atomic mass is 32.2. The van der Waals surface area contributed by atoms with E-state index < -0.39 is 22.8 Å². The lowest BCUT2D eigenvalue weighted by molar-refractivity contribution is -0.122. The van der Waals surface area contributed by atoms with Crippen LogP contribution in [0.15, 0.2) is 53.5 Å². The Balaban J connectivity index is 1.56. The number of amides is 2. The summed E-state index contributed by atoms with van der Waals surface area (Å²) in [5, 5.41) is 4.78. The number of nitrogens with zero attached hydrogens (tertiary/aromatic N) is 1. The van der Waals surface area contributed by atoms with Gasteiger partial charge < -0.3 is 10.6 Å². The number of amidine groups is 1. The van der Waals surface area contributed by atoms with Gasteiger partial charge in [-0.25, -0.2) is 8.78 Å². The van der Waals surface area contributed by atoms with Crippen LogP contribution >= 0.6 is 11.8 Å². The molecule has 0 aromatic heterocycles. The van der Waals surface area contributed by atoms with Gasteiger partial charge in [-0.05, 0) is 17.7 Å². The molecule has 0 spiro atoms. The third-order valence-corrected chi connectivity index (χ3v) is 4.72. The van der Waals surface area contributed by atoms with Crippen LogP contribution in [0.4, 0.5) is 14.5 Å². The number of aliphatic imine (C=N–C) groups is 1. The van der Waals surface area contributed by atoms with Gasteiger partial charge in [0.05, 0.1) is 12.2 Å². The fourth-order valence-corrected chi connectivity index (χ4v) is 3.29. The minimum absolute atomic E-state index is 0.127. The Morgan fingerprint density at radius 1 is 1.19 bits per heavy atom. The second-order valence-corrected chi connectivity index (χ2v) is 6.77. The average molecular weight is 375 g/mol. The molecule has 2 aromatic rings. The van der Waals surface area contributed by atoms with Gasteiger partial charge in [-0.15, -0.1) is 0 Å². The third-order valence-electron chi connectivity index (χ3n) is 3.60. The van der Waals surface area contributed by atoms with Crippen LogP contribution in [0.3, 0.4) is 0 Å². The molecule has 26 heavy (non-hydrogen) atoms. The summed E-state index contributed by atoms with van der Waals surface area (Å²) in [6, 6.07) is 12.4. The smallest absolute Gasteiger partial charge is 0.240 e. The largest absolute Gasteiger partial charge is 0.324 e. The summed E-state index contributed by atoms with van der Waals surface area (Å²) in [5.74, 6) is -2.46. The lowest BCUT2D eigenvalue weighted by Gasteiger charge is -2.08. The third kappa shape index (κ3) is 4.66. The molecule has 2 amide bonds. The van der Waals surface area contributed by atoms with Crippen molar-refractivity contribution in [1.82, 2.24) is 5.32 Å². The highest BCUT2D eigenvalue weighted by Crippen LogP contribution is 2.24. The topological polar surface area (TPSA) is 70.6 Å². The molecule has 0 unspecified atom stereocenters. The van der Waals surface area contributed by atoms with E-state index >= 15 is 0 Å². The second kappa shape index (κ2) is 8.09. The molecule has 0 bridgehead atoms. The predicted octanol–water partition coefficient (Wildman–Crippen LogP) is 3.08. The molecule has 0 saturated carbocycles. The van der Waals surface area contributed by atoms with Gasteiger partial charge >= 0.3 is 0 Å². The molecular weight excluding hydrogens is 360 g/mol. The first kappa shape index (κ1) is 18.1. The number of hydrogen-bond acceptors (Lipinski definition) is 4. The van der Waals surface area contributed by atoms with E-state index in [-0.39, 0.29) is 18.0 Å². The Bertz CT molecular complexity index is 859. The summed E-state index contributed by atoms with van der Waals surface area (Å²) in [6.45, 7) is 0.420. The SMILES string of the molecule is O=C(C[C@H]1SC(=NCc2ccccc2)NC1=O)Nc1ccc(F)cc1F. The molecule has 8 heteroatoms. The van der Waals surface area contributed by atoms with Crippen molar-refractivity contribution < 1.29 is 18.4 Å². The molecule has 5 nitrogen and oxygen atoms in total. The molecule has 0 aliphatic carbocycles. The van der Waals surface area contributed by atoms with Crippen molar-refractivity contribution in [3.63, 3.8) is 0 Å². The lowest BCUT2D eigenvalue weighted by atomic mass is 10.2. The van der Waals surface area contributed by atoms with E-state index in [0.717, 1.165) is 29.5 Å². The van der Waals surface area contributed by atoms with E-state index in [9.17, 15) is 18.4 Å². The van der Waals surface area contributed by atoms with E-state index in [4.69, 9.17) is 0 Å². The monoisotopic (exact) mass is 375 g/mol. The van der Waals surface area contributed by atoms with Gasteiger partial charge in [-0.3, -0.25) is 14.6 Å². The van der Waals surface area contributed by atoms with Gasteiger partial charge in [0.25, 0.3) is 0 Å². The zero-order valence-electron chi connectivity index (χ0n) is 13.5. The van der Waals surface area contributed by atoms with Crippen LogP contribution in [0.2, 0.25) is 0 Å². The average Bonchev–Trinajstić information content (AvgIpc) is 2.96. The number of anilines is 1. The Morgan fingerprint density at radius 2 is 1.96 bits per heavy atom. The normalized spacial score (nSPS) is 18.0. The number of hydrogen-bond donors (Lipinski definition) is 2. The van der Waals surface area contributed by atoms with Crippen LogP contribution in [-0.4, -0.2) is 22.2 Å². The standard InChI is InChI=1S/C18H15F2N3O2S/c19-12-6-7-14(13(20)8-12)22-16(24)9-15-17(25)23-18(26-15)21-10-11-4-2-1-3-5-11/h1-8,15H,9-10H2,(H,22,24)(H,21,23,25)/t15-/m1/s1. The summed E-state index contributed by atoms with van der Waals surface area (Å²) >= 11 is 1.16. The van der Waals surface area contributed by atoms with E-state index in [2.05, 4.69) is 15.6 Å². The summed E-state index contributed by atoms with van der Waals surface area (Å²) < 4.78 is 26.4. The molecule has 134 valence electrons. The molecule has 0 radical (unpaired) electrons. The lowest BCUT2D eigenvalue weighted by Crippen LogP contribution is -2.28. The van der Waals surface area contributed by atoms with Crippen LogP contribution in [0, 0.1) is 11.6 Å². The van der Waals surface area contributed by atoms with Crippen molar-refractivity contribution in [3.8, 4) is 0 Å². The van der Waals surface area contributed by atoms with Crippen molar-refractivity contribution in [2.45, 2.75) is 18.2 Å². The molecule has 1 fully saturated rings. The number of carbonyl (C=O) groups excluding carboxylic acids is 2. The molecule has 1 heterocycles. The van der Waals surface area contributed by atoms with Gasteiger partial charge in [0.2, 0.25) is 11.8 Å². The highest BCUT2D eigenvalue weighted by Gasteiger charge is 2.32. The zero-order valence-corrected chi connectivity index (χ0v) is 14.4. The van der Waals surface area contributed by atoms with Gasteiger partial charge in [-0.1, -0.05) is 42.1 Å². The van der Waals surface area contributed by atoms with Crippen LogP contribution in [-0.2, 0) is 16.1 Å². The zero-order chi connectivity index (χ0) is 18.5. The number of thioether (sulfide) groups is 1. The Labute approximate surface area is 152 Å². The molecular formula is C18H15F2N3O2S. The number of benzene rings is 2. The van der Waals surface area contributed by atoms with E-state index in [0.29, 0.717) is 17.8 Å². The van der Waals surface area contributed by atoms with Crippen LogP contribution in [0.5, 0.6) is 0 Å². The first-order chi connectivity index (χ1) is 12.5. The summed E-state index contributed by atoms with van der Waals surface area (Å²) in [4.78, 5) is 28.3. The van der Waals surface area contributed by atoms with E-state index in [1.54, 1.807) is 0 Å². The molecule has 1 saturated heterocycles. The Kier molecular flexibility index (Phi) is 5.62. The van der Waals surface area contributed by atoms with Crippen LogP contribution in [0.25, 0.3) is 0 Å². The minimum atomic E-state index is -0.869. The van der Waals surface area contributed by atoms with Crippen molar-refractivity contribution in [1.29, 1.82) is 0 Å². The maximum absolute atomic E-state index is 13.6. The summed E-state index contributed by atoms with van der Waals surface area (Å²) in [7, 11) is 0. The number of halogens is 2. The van der Waals surface area contributed by atoms with E-state index in [1.165, 1.54) is 0 Å². The molecule has 3 rings (SSSR count). The fraction of sp³-hybridized carbons (Fsp3) is 0.167. The molecule has 1 atom stereocenters. The Morgan fingerprint density at radius 3 is 2.69 bits per heavy atom. The first-order valence-corrected chi connectivity index (χ1v) is 8.70. The van der Waals surface area contributed by atoms with Crippen molar-refractivity contribution in [3.05, 3.63) is 65.7 Å². The Hall–Kier alpha value is -2.74. The molecule has 1 aliphatic rings. The van der Waals surface area contributed by atoms with Crippen molar-refractivity contribution in [2.75, 3.05) is 5.32 Å². The van der Waals surface area contributed by atoms with Crippen LogP contribution < -0.4 is 10.6 Å². The van der Waals surface area contributed by atoms with Gasteiger partial charge in [-0.2, -0.15) is 0 Å². The second-order valence-electron chi connectivity index (χ2n) is 5.58. The predicted molar refractivity (Wildman–Crippen MR) is 96.7 cm³/mol. The molecule has 2 N–H and O–H groups in total. The van der Waals surface area contributed by atoms with Gasteiger partial charge in [0.1, 0.15) is 16.9 Å². The van der Waals surface area contributed by atoms with Crippen molar-refractivity contribution in [2.24, 2.45) is 4.99 Å². The minimum Gasteiger partial charge on any atom is -0.324 e. The summed E-state index contributed by atoms with van der Waals surface area (Å²) in [6.07, 6.45) is -0.141. The van der Waals surface area contributed by atoms with Gasteiger partial charge in [0, 0.05) is 12.5 Å². The maximum atomic E-state index is 13.6. The highest BCUT2D eigenvalue weighted by molar-refractivity contribution is 8.15. The van der Waals surface area contributed by atoms with Crippen LogP contribution in [0.1, 0.15) is 12.0 Å². The molecule has 1 aliphatic heterocycles. The number of nitrogens with one attached hydrogen (secondary N) is 2. The van der Waals surface area contributed by atoms with Crippen molar-refractivity contribution >= 4 is 34.4 Å². The quantitative estimate of drug-likeness (QED) is 0.844. The van der Waals surface area contributed by atoms with Gasteiger partial charge in [0.15, 0.2) is 5.17 Å². The maximum Gasteiger partial charge on any atom is 0.240 e. The van der Waals surface area contributed by atoms with E-state index in [1.807, 2.05) is 30.3 Å². The number of carbonyl (C=O) groups is 2. The molecule has 2 aromatic carbocycles. The fourth-order valence-electron chi connectivity index (χ4n) is 2.32.